The number of nitrogens with zero attached hydrogens (tertiary/aromatic N) is 2. The third-order valence-corrected chi connectivity index (χ3v) is 6.66. The Kier molecular flexibility index (Phi) is 7.60. The Labute approximate surface area is 192 Å². The van der Waals surface area contributed by atoms with Crippen molar-refractivity contribution in [2.24, 2.45) is 11.8 Å². The van der Waals surface area contributed by atoms with Crippen LogP contribution in [-0.4, -0.2) is 31.0 Å². The third kappa shape index (κ3) is 6.84. The van der Waals surface area contributed by atoms with Crippen molar-refractivity contribution in [2.75, 3.05) is 25.0 Å². The molecule has 4 nitrogen and oxygen atoms in total. The Morgan fingerprint density at radius 2 is 1.58 bits per heavy atom. The molecule has 0 radical (unpaired) electrons. The molecule has 1 aliphatic rings. The van der Waals surface area contributed by atoms with Gasteiger partial charge in [-0.25, -0.2) is 4.98 Å². The van der Waals surface area contributed by atoms with Gasteiger partial charge in [0.05, 0.1) is 16.1 Å². The van der Waals surface area contributed by atoms with Gasteiger partial charge in [0.1, 0.15) is 5.82 Å². The second-order valence-corrected chi connectivity index (χ2v) is 9.56. The van der Waals surface area contributed by atoms with E-state index in [1.54, 1.807) is 11.3 Å². The first-order valence-corrected chi connectivity index (χ1v) is 11.4. The number of thiazole rings is 1. The lowest BCUT2D eigenvalue weighted by molar-refractivity contribution is -0.143. The average Bonchev–Trinajstić information content (AvgIpc) is 3.18. The normalized spacial score (nSPS) is 19.4. The summed E-state index contributed by atoms with van der Waals surface area (Å²) in [6.07, 6.45) is -6.47. The molecule has 1 aromatic carbocycles. The van der Waals surface area contributed by atoms with Crippen molar-refractivity contribution < 1.29 is 31.1 Å². The highest BCUT2D eigenvalue weighted by atomic mass is 32.1. The number of anilines is 1. The molecule has 33 heavy (non-hydrogen) atoms. The number of carbonyl (C=O) groups is 1. The molecule has 182 valence electrons. The molecule has 2 aromatic rings. The Balaban J connectivity index is 1.54. The molecule has 1 saturated carbocycles. The fraction of sp³-hybridized carbons (Fsp3) is 0.545. The van der Waals surface area contributed by atoms with Crippen LogP contribution >= 0.6 is 11.3 Å². The topological polar surface area (TPSA) is 45.2 Å². The van der Waals surface area contributed by atoms with Crippen LogP contribution in [0.4, 0.5) is 32.2 Å². The molecule has 1 N–H and O–H groups in total. The Bertz CT molecular complexity index is 932. The van der Waals surface area contributed by atoms with Gasteiger partial charge in [0.15, 0.2) is 0 Å². The van der Waals surface area contributed by atoms with Gasteiger partial charge < -0.3 is 10.2 Å². The molecule has 0 unspecified atom stereocenters. The largest absolute Gasteiger partial charge is 0.416 e. The third-order valence-electron chi connectivity index (χ3n) is 5.90. The smallest absolute Gasteiger partial charge is 0.359 e. The average molecular weight is 494 g/mol. The van der Waals surface area contributed by atoms with E-state index in [1.807, 2.05) is 19.4 Å². The first-order chi connectivity index (χ1) is 15.3. The van der Waals surface area contributed by atoms with Gasteiger partial charge >= 0.3 is 12.4 Å². The van der Waals surface area contributed by atoms with E-state index < -0.39 is 35.0 Å². The van der Waals surface area contributed by atoms with E-state index in [0.717, 1.165) is 43.1 Å². The summed E-state index contributed by atoms with van der Waals surface area (Å²) in [6.45, 7) is 3.02. The summed E-state index contributed by atoms with van der Waals surface area (Å²) < 4.78 is 78.0. The van der Waals surface area contributed by atoms with Crippen LogP contribution in [0.2, 0.25) is 0 Å². The zero-order valence-corrected chi connectivity index (χ0v) is 19.0. The molecule has 0 spiro atoms. The maximum absolute atomic E-state index is 13.0. The van der Waals surface area contributed by atoms with Gasteiger partial charge in [-0.2, -0.15) is 26.3 Å². The lowest BCUT2D eigenvalue weighted by atomic mass is 9.81. The molecule has 1 heterocycles. The number of hydrogen-bond acceptors (Lipinski definition) is 4. The number of halogens is 6. The Morgan fingerprint density at radius 3 is 2.06 bits per heavy atom. The van der Waals surface area contributed by atoms with E-state index >= 15 is 0 Å². The van der Waals surface area contributed by atoms with Crippen molar-refractivity contribution in [3.05, 3.63) is 45.3 Å². The molecular formula is C22H25F6N3OS. The minimum absolute atomic E-state index is 0.0159. The van der Waals surface area contributed by atoms with E-state index in [4.69, 9.17) is 0 Å². The van der Waals surface area contributed by atoms with Crippen LogP contribution < -0.4 is 10.2 Å². The molecule has 0 saturated heterocycles. The lowest BCUT2D eigenvalue weighted by Crippen LogP contribution is -2.34. The molecule has 1 fully saturated rings. The highest BCUT2D eigenvalue weighted by Crippen LogP contribution is 2.36. The number of nitrogens with one attached hydrogen (secondary N) is 1. The number of benzene rings is 1. The van der Waals surface area contributed by atoms with Crippen molar-refractivity contribution >= 4 is 23.1 Å². The van der Waals surface area contributed by atoms with Crippen molar-refractivity contribution in [1.82, 2.24) is 10.3 Å². The molecule has 0 aliphatic heterocycles. The molecule has 1 aliphatic carbocycles. The van der Waals surface area contributed by atoms with E-state index in [-0.39, 0.29) is 18.5 Å². The van der Waals surface area contributed by atoms with Gasteiger partial charge in [-0.1, -0.05) is 0 Å². The zero-order chi connectivity index (χ0) is 24.4. The predicted molar refractivity (Wildman–Crippen MR) is 114 cm³/mol. The van der Waals surface area contributed by atoms with Gasteiger partial charge in [-0.3, -0.25) is 4.79 Å². The Hall–Kier alpha value is -2.30. The molecule has 11 heteroatoms. The first kappa shape index (κ1) is 25.3. The number of rotatable bonds is 6. The summed E-state index contributed by atoms with van der Waals surface area (Å²) >= 11 is 1.59. The van der Waals surface area contributed by atoms with Crippen LogP contribution in [0.15, 0.2) is 23.6 Å². The number of alkyl halides is 6. The summed E-state index contributed by atoms with van der Waals surface area (Å²) in [5.74, 6) is 0.588. The molecule has 0 atom stereocenters. The molecular weight excluding hydrogens is 468 g/mol. The fourth-order valence-electron chi connectivity index (χ4n) is 4.05. The molecule has 1 amide bonds. The van der Waals surface area contributed by atoms with Gasteiger partial charge in [-0.15, -0.1) is 11.3 Å². The van der Waals surface area contributed by atoms with E-state index in [9.17, 15) is 31.1 Å². The monoisotopic (exact) mass is 493 g/mol. The number of aryl methyl sites for hydroxylation is 1. The quantitative estimate of drug-likeness (QED) is 0.490. The van der Waals surface area contributed by atoms with E-state index in [2.05, 4.69) is 15.2 Å². The van der Waals surface area contributed by atoms with Crippen molar-refractivity contribution in [3.8, 4) is 0 Å². The fourth-order valence-corrected chi connectivity index (χ4v) is 4.71. The number of amides is 1. The van der Waals surface area contributed by atoms with Crippen molar-refractivity contribution in [2.45, 2.75) is 45.0 Å². The minimum atomic E-state index is -4.99. The highest BCUT2D eigenvalue weighted by molar-refractivity contribution is 7.09. The van der Waals surface area contributed by atoms with Crippen LogP contribution in [0.1, 0.15) is 52.2 Å². The summed E-state index contributed by atoms with van der Waals surface area (Å²) in [6, 6.07) is 0.928. The van der Waals surface area contributed by atoms with Crippen LogP contribution in [0, 0.1) is 18.8 Å². The number of aromatic nitrogens is 1. The second kappa shape index (κ2) is 9.90. The van der Waals surface area contributed by atoms with Crippen molar-refractivity contribution in [3.63, 3.8) is 0 Å². The minimum Gasteiger partial charge on any atom is -0.359 e. The standard InChI is InChI=1S/C22H25F6N3OS/c1-13-30-19(12-33-13)31(2)11-15-5-3-14(4-6-15)10-29-20(32)16-7-17(21(23,24)25)9-18(8-16)22(26,27)28/h7-9,12,14-15H,3-6,10-11H2,1-2H3,(H,29,32)/t14-,15-. The molecule has 0 bridgehead atoms. The lowest BCUT2D eigenvalue weighted by Gasteiger charge is -2.31. The van der Waals surface area contributed by atoms with Gasteiger partial charge in [-0.05, 0) is 62.6 Å². The molecule has 3 rings (SSSR count). The van der Waals surface area contributed by atoms with Crippen LogP contribution in [0.5, 0.6) is 0 Å². The maximum Gasteiger partial charge on any atom is 0.416 e. The predicted octanol–water partition coefficient (Wildman–Crippen LogP) is 6.16. The maximum atomic E-state index is 13.0. The highest BCUT2D eigenvalue weighted by Gasteiger charge is 2.37. The SMILES string of the molecule is Cc1nc(N(C)C[C@H]2CC[C@H](CNC(=O)c3cc(C(F)(F)F)cc(C(F)(F)F)c3)CC2)cs1. The van der Waals surface area contributed by atoms with Gasteiger partial charge in [0.2, 0.25) is 0 Å². The van der Waals surface area contributed by atoms with Crippen LogP contribution in [-0.2, 0) is 12.4 Å². The van der Waals surface area contributed by atoms with Crippen LogP contribution in [0.3, 0.4) is 0 Å². The van der Waals surface area contributed by atoms with Gasteiger partial charge in [0, 0.05) is 31.1 Å². The summed E-state index contributed by atoms with van der Waals surface area (Å²) in [4.78, 5) is 18.9. The number of hydrogen-bond donors (Lipinski definition) is 1. The van der Waals surface area contributed by atoms with Gasteiger partial charge in [0.25, 0.3) is 5.91 Å². The zero-order valence-electron chi connectivity index (χ0n) is 18.2. The van der Waals surface area contributed by atoms with E-state index in [0.29, 0.717) is 18.1 Å². The molecule has 1 aromatic heterocycles. The number of carbonyl (C=O) groups excluding carboxylic acids is 1. The van der Waals surface area contributed by atoms with E-state index in [1.165, 1.54) is 0 Å². The second-order valence-electron chi connectivity index (χ2n) is 8.50. The first-order valence-electron chi connectivity index (χ1n) is 10.5. The summed E-state index contributed by atoms with van der Waals surface area (Å²) in [7, 11) is 1.99. The summed E-state index contributed by atoms with van der Waals surface area (Å²) in [5, 5.41) is 5.53. The Morgan fingerprint density at radius 1 is 1.03 bits per heavy atom. The van der Waals surface area contributed by atoms with Crippen LogP contribution in [0.25, 0.3) is 0 Å². The van der Waals surface area contributed by atoms with Crippen molar-refractivity contribution in [1.29, 1.82) is 0 Å². The summed E-state index contributed by atoms with van der Waals surface area (Å²) in [5.41, 5.74) is -3.64.